The minimum Gasteiger partial charge on any atom is -0.478 e. The van der Waals surface area contributed by atoms with Gasteiger partial charge in [-0.1, -0.05) is 11.6 Å². The van der Waals surface area contributed by atoms with E-state index in [1.165, 1.54) is 0 Å². The maximum Gasteiger partial charge on any atom is 0.336 e. The van der Waals surface area contributed by atoms with Gasteiger partial charge in [0.25, 0.3) is 0 Å². The average molecular weight is 257 g/mol. The van der Waals surface area contributed by atoms with E-state index >= 15 is 0 Å². The molecule has 19 heavy (non-hydrogen) atoms. The molecule has 0 radical (unpaired) electrons. The van der Waals surface area contributed by atoms with Crippen molar-refractivity contribution in [2.24, 2.45) is 0 Å². The molecule has 0 aliphatic carbocycles. The summed E-state index contributed by atoms with van der Waals surface area (Å²) in [5.41, 5.74) is 2.93. The maximum absolute atomic E-state index is 11.4. The summed E-state index contributed by atoms with van der Waals surface area (Å²) in [5.74, 6) is -0.693. The summed E-state index contributed by atoms with van der Waals surface area (Å²) >= 11 is 0. The van der Waals surface area contributed by atoms with E-state index in [4.69, 9.17) is 4.74 Å². The van der Waals surface area contributed by atoms with E-state index < -0.39 is 5.97 Å². The first-order valence-electron chi connectivity index (χ1n) is 6.37. The number of carbonyl (C=O) groups is 1. The van der Waals surface area contributed by atoms with E-state index in [2.05, 4.69) is 4.98 Å². The lowest BCUT2D eigenvalue weighted by Crippen LogP contribution is -2.06. The van der Waals surface area contributed by atoms with Crippen LogP contribution in [0.4, 0.5) is 0 Å². The second-order valence-electron chi connectivity index (χ2n) is 4.98. The lowest BCUT2D eigenvalue weighted by molar-refractivity contribution is 0.0698. The third kappa shape index (κ3) is 2.19. The molecule has 1 fully saturated rings. The Hall–Kier alpha value is -1.94. The van der Waals surface area contributed by atoms with Crippen LogP contribution in [-0.4, -0.2) is 29.3 Å². The van der Waals surface area contributed by atoms with Gasteiger partial charge in [-0.3, -0.25) is 4.98 Å². The van der Waals surface area contributed by atoms with Crippen LogP contribution in [-0.2, 0) is 4.74 Å². The highest BCUT2D eigenvalue weighted by molar-refractivity contribution is 6.02. The van der Waals surface area contributed by atoms with Gasteiger partial charge >= 0.3 is 5.97 Å². The summed E-state index contributed by atoms with van der Waals surface area (Å²) in [6.07, 6.45) is 0.906. The third-order valence-electron chi connectivity index (χ3n) is 3.56. The normalized spacial score (nSPS) is 18.9. The minimum absolute atomic E-state index is 0.212. The first-order chi connectivity index (χ1) is 9.15. The average Bonchev–Trinajstić information content (AvgIpc) is 2.91. The zero-order chi connectivity index (χ0) is 13.4. The summed E-state index contributed by atoms with van der Waals surface area (Å²) in [6.45, 7) is 3.30. The molecule has 4 heteroatoms. The van der Waals surface area contributed by atoms with Gasteiger partial charge in [-0.2, -0.15) is 0 Å². The highest BCUT2D eigenvalue weighted by Gasteiger charge is 2.22. The van der Waals surface area contributed by atoms with E-state index in [1.807, 2.05) is 25.1 Å². The Bertz CT molecular complexity index is 645. The van der Waals surface area contributed by atoms with Gasteiger partial charge in [0.2, 0.25) is 0 Å². The highest BCUT2D eigenvalue weighted by atomic mass is 16.5. The van der Waals surface area contributed by atoms with Crippen molar-refractivity contribution < 1.29 is 14.6 Å². The molecule has 1 unspecified atom stereocenters. The number of rotatable bonds is 2. The van der Waals surface area contributed by atoms with Crippen LogP contribution in [0.3, 0.4) is 0 Å². The molecule has 0 saturated carbocycles. The molecule has 0 bridgehead atoms. The van der Waals surface area contributed by atoms with Crippen LogP contribution in [0.1, 0.15) is 34.0 Å². The molecule has 1 N–H and O–H groups in total. The van der Waals surface area contributed by atoms with Crippen molar-refractivity contribution in [3.63, 3.8) is 0 Å². The van der Waals surface area contributed by atoms with Gasteiger partial charge in [0.15, 0.2) is 0 Å². The molecule has 0 spiro atoms. The van der Waals surface area contributed by atoms with Crippen LogP contribution in [0.25, 0.3) is 10.9 Å². The number of ether oxygens (including phenoxy) is 1. The number of hydrogen-bond acceptors (Lipinski definition) is 3. The Labute approximate surface area is 111 Å². The Morgan fingerprint density at radius 1 is 1.42 bits per heavy atom. The molecule has 1 atom stereocenters. The van der Waals surface area contributed by atoms with E-state index in [-0.39, 0.29) is 5.92 Å². The SMILES string of the molecule is Cc1ccc2nc(C3CCOC3)cc(C(=O)O)c2c1. The maximum atomic E-state index is 11.4. The molecular formula is C15H15NO3. The summed E-state index contributed by atoms with van der Waals surface area (Å²) in [4.78, 5) is 16.0. The Morgan fingerprint density at radius 2 is 2.26 bits per heavy atom. The molecule has 1 aromatic carbocycles. The molecule has 4 nitrogen and oxygen atoms in total. The van der Waals surface area contributed by atoms with E-state index in [0.29, 0.717) is 17.6 Å². The van der Waals surface area contributed by atoms with Crippen LogP contribution >= 0.6 is 0 Å². The number of aryl methyl sites for hydroxylation is 1. The lowest BCUT2D eigenvalue weighted by Gasteiger charge is -2.11. The zero-order valence-electron chi connectivity index (χ0n) is 10.7. The summed E-state index contributed by atoms with van der Waals surface area (Å²) < 4.78 is 5.36. The molecule has 3 rings (SSSR count). The molecule has 1 saturated heterocycles. The standard InChI is InChI=1S/C15H15NO3/c1-9-2-3-13-11(6-9)12(15(17)18)7-14(16-13)10-4-5-19-8-10/h2-3,6-7,10H,4-5,8H2,1H3,(H,17,18). The van der Waals surface area contributed by atoms with Crippen molar-refractivity contribution in [3.8, 4) is 0 Å². The number of aromatic carboxylic acids is 1. The van der Waals surface area contributed by atoms with Crippen LogP contribution in [0.15, 0.2) is 24.3 Å². The number of carboxylic acid groups (broad SMARTS) is 1. The fourth-order valence-electron chi connectivity index (χ4n) is 2.51. The number of benzene rings is 1. The molecule has 2 heterocycles. The Balaban J connectivity index is 2.21. The van der Waals surface area contributed by atoms with Gasteiger partial charge in [-0.15, -0.1) is 0 Å². The lowest BCUT2D eigenvalue weighted by atomic mass is 9.99. The summed E-state index contributed by atoms with van der Waals surface area (Å²) in [5, 5.41) is 10.1. The second kappa shape index (κ2) is 4.63. The predicted molar refractivity (Wildman–Crippen MR) is 71.6 cm³/mol. The predicted octanol–water partition coefficient (Wildman–Crippen LogP) is 2.75. The number of pyridine rings is 1. The van der Waals surface area contributed by atoms with Gasteiger partial charge < -0.3 is 9.84 Å². The van der Waals surface area contributed by atoms with Crippen LogP contribution in [0, 0.1) is 6.92 Å². The van der Waals surface area contributed by atoms with Gasteiger partial charge in [0, 0.05) is 23.6 Å². The first-order valence-corrected chi connectivity index (χ1v) is 6.37. The highest BCUT2D eigenvalue weighted by Crippen LogP contribution is 2.28. The first kappa shape index (κ1) is 12.1. The van der Waals surface area contributed by atoms with Crippen LogP contribution in [0.5, 0.6) is 0 Å². The van der Waals surface area contributed by atoms with Crippen molar-refractivity contribution in [1.82, 2.24) is 4.98 Å². The van der Waals surface area contributed by atoms with Crippen molar-refractivity contribution in [3.05, 3.63) is 41.1 Å². The molecule has 1 aliphatic rings. The van der Waals surface area contributed by atoms with Gasteiger partial charge in [0.1, 0.15) is 0 Å². The number of carboxylic acids is 1. The second-order valence-corrected chi connectivity index (χ2v) is 4.98. The molecule has 2 aromatic rings. The van der Waals surface area contributed by atoms with E-state index in [1.54, 1.807) is 6.07 Å². The van der Waals surface area contributed by atoms with Gasteiger partial charge in [0.05, 0.1) is 17.7 Å². The quantitative estimate of drug-likeness (QED) is 0.898. The number of aromatic nitrogens is 1. The van der Waals surface area contributed by atoms with Crippen molar-refractivity contribution in [2.75, 3.05) is 13.2 Å². The van der Waals surface area contributed by atoms with Crippen LogP contribution in [0.2, 0.25) is 0 Å². The van der Waals surface area contributed by atoms with E-state index in [9.17, 15) is 9.90 Å². The van der Waals surface area contributed by atoms with Gasteiger partial charge in [-0.05, 0) is 31.5 Å². The summed E-state index contributed by atoms with van der Waals surface area (Å²) in [7, 11) is 0. The molecule has 98 valence electrons. The number of fused-ring (bicyclic) bond motifs is 1. The van der Waals surface area contributed by atoms with Crippen LogP contribution < -0.4 is 0 Å². The third-order valence-corrected chi connectivity index (χ3v) is 3.56. The fourth-order valence-corrected chi connectivity index (χ4v) is 2.51. The number of hydrogen-bond donors (Lipinski definition) is 1. The molecule has 0 amide bonds. The minimum atomic E-state index is -0.904. The smallest absolute Gasteiger partial charge is 0.336 e. The van der Waals surface area contributed by atoms with Crippen molar-refractivity contribution >= 4 is 16.9 Å². The molecule has 1 aliphatic heterocycles. The Morgan fingerprint density at radius 3 is 2.95 bits per heavy atom. The topological polar surface area (TPSA) is 59.4 Å². The van der Waals surface area contributed by atoms with Gasteiger partial charge in [-0.25, -0.2) is 4.79 Å². The largest absolute Gasteiger partial charge is 0.478 e. The van der Waals surface area contributed by atoms with E-state index in [0.717, 1.165) is 29.8 Å². The zero-order valence-corrected chi connectivity index (χ0v) is 10.7. The Kier molecular flexibility index (Phi) is 2.95. The summed E-state index contributed by atoms with van der Waals surface area (Å²) in [6, 6.07) is 7.41. The molecular weight excluding hydrogens is 242 g/mol. The number of nitrogens with zero attached hydrogens (tertiary/aromatic N) is 1. The fraction of sp³-hybridized carbons (Fsp3) is 0.333. The van der Waals surface area contributed by atoms with Crippen molar-refractivity contribution in [2.45, 2.75) is 19.3 Å². The van der Waals surface area contributed by atoms with Crippen molar-refractivity contribution in [1.29, 1.82) is 0 Å². The monoisotopic (exact) mass is 257 g/mol. The molecule has 1 aromatic heterocycles.